The number of ether oxygens (including phenoxy) is 3. The maximum atomic E-state index is 12.2. The van der Waals surface area contributed by atoms with Crippen molar-refractivity contribution in [3.8, 4) is 17.4 Å². The number of carbonyl (C=O) groups is 1. The molecule has 6 heteroatoms. The molecule has 0 fully saturated rings. The van der Waals surface area contributed by atoms with E-state index in [1.165, 1.54) is 0 Å². The monoisotopic (exact) mass is 316 g/mol. The molecule has 1 amide bonds. The smallest absolute Gasteiger partial charge is 0.224 e. The largest absolute Gasteiger partial charge is 0.497 e. The quantitative estimate of drug-likeness (QED) is 0.845. The lowest BCUT2D eigenvalue weighted by Crippen LogP contribution is -2.25. The maximum absolute atomic E-state index is 12.2. The van der Waals surface area contributed by atoms with Crippen LogP contribution in [-0.2, 0) is 17.8 Å². The number of carbonyl (C=O) groups excluding carboxylic acids is 1. The first-order chi connectivity index (χ1) is 11.2. The highest BCUT2D eigenvalue weighted by atomic mass is 16.5. The summed E-state index contributed by atoms with van der Waals surface area (Å²) in [5.41, 5.74) is 1.59. The number of aromatic nitrogens is 1. The second-order valence-electron chi connectivity index (χ2n) is 4.80. The fraction of sp³-hybridized carbons (Fsp3) is 0.294. The van der Waals surface area contributed by atoms with E-state index in [2.05, 4.69) is 10.3 Å². The minimum absolute atomic E-state index is 0.123. The Morgan fingerprint density at radius 3 is 2.61 bits per heavy atom. The van der Waals surface area contributed by atoms with Crippen molar-refractivity contribution in [2.24, 2.45) is 0 Å². The molecule has 1 heterocycles. The van der Waals surface area contributed by atoms with E-state index in [0.29, 0.717) is 23.9 Å². The van der Waals surface area contributed by atoms with Gasteiger partial charge in [-0.15, -0.1) is 0 Å². The number of hydrogen-bond donors (Lipinski definition) is 1. The van der Waals surface area contributed by atoms with Gasteiger partial charge in [0.15, 0.2) is 0 Å². The molecule has 2 rings (SSSR count). The van der Waals surface area contributed by atoms with Gasteiger partial charge in [0, 0.05) is 23.9 Å². The van der Waals surface area contributed by atoms with E-state index in [-0.39, 0.29) is 12.3 Å². The van der Waals surface area contributed by atoms with Crippen molar-refractivity contribution in [2.75, 3.05) is 21.3 Å². The Hall–Kier alpha value is -2.76. The van der Waals surface area contributed by atoms with Crippen molar-refractivity contribution in [3.05, 3.63) is 47.7 Å². The van der Waals surface area contributed by atoms with Crippen molar-refractivity contribution in [1.29, 1.82) is 0 Å². The third-order valence-corrected chi connectivity index (χ3v) is 3.36. The predicted octanol–water partition coefficient (Wildman–Crippen LogP) is 1.97. The Kier molecular flexibility index (Phi) is 5.80. The van der Waals surface area contributed by atoms with E-state index in [9.17, 15) is 4.79 Å². The predicted molar refractivity (Wildman–Crippen MR) is 85.9 cm³/mol. The van der Waals surface area contributed by atoms with Crippen LogP contribution in [0, 0.1) is 0 Å². The van der Waals surface area contributed by atoms with Crippen LogP contribution in [-0.4, -0.2) is 32.2 Å². The summed E-state index contributed by atoms with van der Waals surface area (Å²) in [6.45, 7) is 0.349. The number of hydrogen-bond acceptors (Lipinski definition) is 5. The number of nitrogens with one attached hydrogen (secondary N) is 1. The molecule has 0 atom stereocenters. The Balaban J connectivity index is 2.02. The Morgan fingerprint density at radius 1 is 1.09 bits per heavy atom. The maximum Gasteiger partial charge on any atom is 0.224 e. The lowest BCUT2D eigenvalue weighted by Gasteiger charge is -2.11. The summed E-state index contributed by atoms with van der Waals surface area (Å²) >= 11 is 0. The molecule has 0 unspecified atom stereocenters. The van der Waals surface area contributed by atoms with E-state index in [0.717, 1.165) is 11.1 Å². The highest BCUT2D eigenvalue weighted by Crippen LogP contribution is 2.24. The van der Waals surface area contributed by atoms with Crippen LogP contribution in [0.25, 0.3) is 0 Å². The second-order valence-corrected chi connectivity index (χ2v) is 4.80. The lowest BCUT2D eigenvalue weighted by molar-refractivity contribution is -0.120. The first-order valence-electron chi connectivity index (χ1n) is 7.13. The number of rotatable bonds is 7. The molecule has 0 aliphatic rings. The molecular weight excluding hydrogens is 296 g/mol. The standard InChI is InChI=1S/C17H20N2O4/c1-21-14-6-7-15(22-2)13(9-14)10-16(20)19-11-12-5-4-8-18-17(12)23-3/h4-9H,10-11H2,1-3H3,(H,19,20). The van der Waals surface area contributed by atoms with E-state index in [4.69, 9.17) is 14.2 Å². The molecule has 0 bridgehead atoms. The van der Waals surface area contributed by atoms with Gasteiger partial charge in [0.25, 0.3) is 0 Å². The average Bonchev–Trinajstić information content (AvgIpc) is 2.60. The first kappa shape index (κ1) is 16.6. The van der Waals surface area contributed by atoms with Crippen LogP contribution < -0.4 is 19.5 Å². The van der Waals surface area contributed by atoms with Crippen LogP contribution in [0.15, 0.2) is 36.5 Å². The van der Waals surface area contributed by atoms with Gasteiger partial charge < -0.3 is 19.5 Å². The summed E-state index contributed by atoms with van der Waals surface area (Å²) in [5.74, 6) is 1.72. The van der Waals surface area contributed by atoms with Gasteiger partial charge in [-0.25, -0.2) is 4.98 Å². The van der Waals surface area contributed by atoms with E-state index in [1.807, 2.05) is 6.07 Å². The third kappa shape index (κ3) is 4.35. The topological polar surface area (TPSA) is 69.7 Å². The molecule has 122 valence electrons. The Labute approximate surface area is 135 Å². The minimum atomic E-state index is -0.123. The van der Waals surface area contributed by atoms with Crippen LogP contribution in [0.1, 0.15) is 11.1 Å². The van der Waals surface area contributed by atoms with Gasteiger partial charge in [-0.05, 0) is 24.3 Å². The Morgan fingerprint density at radius 2 is 1.91 bits per heavy atom. The number of nitrogens with zero attached hydrogens (tertiary/aromatic N) is 1. The summed E-state index contributed by atoms with van der Waals surface area (Å²) in [4.78, 5) is 16.3. The molecule has 0 radical (unpaired) electrons. The van der Waals surface area contributed by atoms with Crippen molar-refractivity contribution in [1.82, 2.24) is 10.3 Å². The summed E-state index contributed by atoms with van der Waals surface area (Å²) in [6, 6.07) is 9.03. The van der Waals surface area contributed by atoms with Gasteiger partial charge in [0.1, 0.15) is 11.5 Å². The molecule has 0 aliphatic carbocycles. The van der Waals surface area contributed by atoms with Crippen molar-refractivity contribution < 1.29 is 19.0 Å². The normalized spacial score (nSPS) is 10.0. The van der Waals surface area contributed by atoms with Crippen LogP contribution in [0.4, 0.5) is 0 Å². The fourth-order valence-electron chi connectivity index (χ4n) is 2.19. The lowest BCUT2D eigenvalue weighted by atomic mass is 10.1. The zero-order valence-corrected chi connectivity index (χ0v) is 13.5. The fourth-order valence-corrected chi connectivity index (χ4v) is 2.19. The van der Waals surface area contributed by atoms with Gasteiger partial charge in [-0.2, -0.15) is 0 Å². The van der Waals surface area contributed by atoms with Gasteiger partial charge >= 0.3 is 0 Å². The molecule has 0 spiro atoms. The zero-order chi connectivity index (χ0) is 16.7. The number of amides is 1. The van der Waals surface area contributed by atoms with Gasteiger partial charge in [0.2, 0.25) is 11.8 Å². The van der Waals surface area contributed by atoms with Crippen LogP contribution in [0.2, 0.25) is 0 Å². The summed E-state index contributed by atoms with van der Waals surface area (Å²) in [7, 11) is 4.71. The second kappa shape index (κ2) is 8.03. The number of benzene rings is 1. The molecule has 0 saturated heterocycles. The van der Waals surface area contributed by atoms with Crippen molar-refractivity contribution in [3.63, 3.8) is 0 Å². The molecule has 23 heavy (non-hydrogen) atoms. The third-order valence-electron chi connectivity index (χ3n) is 3.36. The average molecular weight is 316 g/mol. The van der Waals surface area contributed by atoms with Crippen LogP contribution in [0.3, 0.4) is 0 Å². The van der Waals surface area contributed by atoms with E-state index >= 15 is 0 Å². The summed E-state index contributed by atoms with van der Waals surface area (Å²) in [5, 5.41) is 2.86. The van der Waals surface area contributed by atoms with E-state index in [1.54, 1.807) is 51.8 Å². The van der Waals surface area contributed by atoms with Crippen LogP contribution in [0.5, 0.6) is 17.4 Å². The van der Waals surface area contributed by atoms with Crippen molar-refractivity contribution >= 4 is 5.91 Å². The molecule has 1 N–H and O–H groups in total. The summed E-state index contributed by atoms with van der Waals surface area (Å²) in [6.07, 6.45) is 1.84. The SMILES string of the molecule is COc1ccc(OC)c(CC(=O)NCc2cccnc2OC)c1. The van der Waals surface area contributed by atoms with Crippen LogP contribution >= 0.6 is 0 Å². The molecule has 1 aromatic heterocycles. The Bertz CT molecular complexity index is 673. The van der Waals surface area contributed by atoms with Crippen molar-refractivity contribution in [2.45, 2.75) is 13.0 Å². The highest BCUT2D eigenvalue weighted by molar-refractivity contribution is 5.79. The molecule has 0 saturated carbocycles. The molecule has 6 nitrogen and oxygen atoms in total. The van der Waals surface area contributed by atoms with E-state index < -0.39 is 0 Å². The van der Waals surface area contributed by atoms with Gasteiger partial charge in [-0.3, -0.25) is 4.79 Å². The highest BCUT2D eigenvalue weighted by Gasteiger charge is 2.11. The molecule has 0 aliphatic heterocycles. The zero-order valence-electron chi connectivity index (χ0n) is 13.5. The molecule has 1 aromatic carbocycles. The number of pyridine rings is 1. The summed E-state index contributed by atoms with van der Waals surface area (Å²) < 4.78 is 15.6. The molecule has 2 aromatic rings. The first-order valence-corrected chi connectivity index (χ1v) is 7.13. The van der Waals surface area contributed by atoms with Gasteiger partial charge in [0.05, 0.1) is 27.8 Å². The van der Waals surface area contributed by atoms with Gasteiger partial charge in [-0.1, -0.05) is 6.07 Å². The molecular formula is C17H20N2O4. The minimum Gasteiger partial charge on any atom is -0.497 e. The number of methoxy groups -OCH3 is 3.